The molecule has 0 bridgehead atoms. The number of benzene rings is 1. The molecule has 1 aliphatic carbocycles. The first-order valence-corrected chi connectivity index (χ1v) is 11.2. The number of para-hydroxylation sites is 1. The summed E-state index contributed by atoms with van der Waals surface area (Å²) in [6.07, 6.45) is 6.45. The van der Waals surface area contributed by atoms with Crippen molar-refractivity contribution in [2.75, 3.05) is 19.4 Å². The van der Waals surface area contributed by atoms with Gasteiger partial charge in [0.2, 0.25) is 0 Å². The van der Waals surface area contributed by atoms with E-state index in [2.05, 4.69) is 21.4 Å². The van der Waals surface area contributed by atoms with Crippen LogP contribution in [0.25, 0.3) is 10.9 Å². The van der Waals surface area contributed by atoms with E-state index in [1.165, 1.54) is 11.8 Å². The second-order valence-corrected chi connectivity index (χ2v) is 7.95. The van der Waals surface area contributed by atoms with Crippen molar-refractivity contribution >= 4 is 28.6 Å². The molecule has 2 heterocycles. The quantitative estimate of drug-likeness (QED) is 0.433. The molecule has 0 spiro atoms. The molecule has 0 saturated heterocycles. The highest BCUT2D eigenvalue weighted by atomic mass is 32.2. The molecule has 0 atom stereocenters. The standard InChI is InChI=1S/C23H22N4O2S/c1-30-23-18(14-24)17(13-19(27-23)15-8-9-15)22(28)26-11-4-12-29-20-7-2-5-16-6-3-10-25-21(16)20/h2-3,5-7,10,13,15H,4,8-9,11-12H2,1H3,(H,26,28). The van der Waals surface area contributed by atoms with Gasteiger partial charge in [0.1, 0.15) is 22.4 Å². The fraction of sp³-hybridized carbons (Fsp3) is 0.304. The Morgan fingerprint density at radius 3 is 2.93 bits per heavy atom. The molecule has 1 amide bonds. The Morgan fingerprint density at radius 2 is 2.17 bits per heavy atom. The minimum atomic E-state index is -0.238. The summed E-state index contributed by atoms with van der Waals surface area (Å²) in [6, 6.07) is 13.7. The topological polar surface area (TPSA) is 87.9 Å². The molecular formula is C23H22N4O2S. The molecule has 1 fully saturated rings. The van der Waals surface area contributed by atoms with Gasteiger partial charge in [0, 0.05) is 29.7 Å². The van der Waals surface area contributed by atoms with Crippen LogP contribution in [0.3, 0.4) is 0 Å². The van der Waals surface area contributed by atoms with Gasteiger partial charge in [-0.1, -0.05) is 18.2 Å². The van der Waals surface area contributed by atoms with Gasteiger partial charge in [-0.25, -0.2) is 4.98 Å². The van der Waals surface area contributed by atoms with Crippen LogP contribution in [0.5, 0.6) is 5.75 Å². The van der Waals surface area contributed by atoms with Crippen LogP contribution < -0.4 is 10.1 Å². The van der Waals surface area contributed by atoms with E-state index in [9.17, 15) is 10.1 Å². The number of nitrogens with one attached hydrogen (secondary N) is 1. The molecular weight excluding hydrogens is 396 g/mol. The van der Waals surface area contributed by atoms with Crippen molar-refractivity contribution in [3.63, 3.8) is 0 Å². The van der Waals surface area contributed by atoms with E-state index in [-0.39, 0.29) is 5.91 Å². The Morgan fingerprint density at radius 1 is 1.33 bits per heavy atom. The van der Waals surface area contributed by atoms with Crippen molar-refractivity contribution in [2.45, 2.75) is 30.2 Å². The predicted octanol–water partition coefficient (Wildman–Crippen LogP) is 4.30. The summed E-state index contributed by atoms with van der Waals surface area (Å²) in [5.74, 6) is 0.912. The van der Waals surface area contributed by atoms with Crippen molar-refractivity contribution in [3.8, 4) is 11.8 Å². The molecule has 152 valence electrons. The summed E-state index contributed by atoms with van der Waals surface area (Å²) in [5, 5.41) is 14.1. The van der Waals surface area contributed by atoms with Crippen molar-refractivity contribution in [3.05, 3.63) is 59.4 Å². The lowest BCUT2D eigenvalue weighted by atomic mass is 10.1. The molecule has 2 aromatic heterocycles. The first-order valence-electron chi connectivity index (χ1n) is 9.95. The summed E-state index contributed by atoms with van der Waals surface area (Å²) in [6.45, 7) is 0.915. The minimum absolute atomic E-state index is 0.238. The Hall–Kier alpha value is -3.11. The van der Waals surface area contributed by atoms with Gasteiger partial charge in [-0.05, 0) is 43.7 Å². The van der Waals surface area contributed by atoms with Gasteiger partial charge in [0.15, 0.2) is 0 Å². The number of fused-ring (bicyclic) bond motifs is 1. The number of nitriles is 1. The largest absolute Gasteiger partial charge is 0.491 e. The van der Waals surface area contributed by atoms with Gasteiger partial charge in [-0.3, -0.25) is 9.78 Å². The van der Waals surface area contributed by atoms with Gasteiger partial charge in [0.25, 0.3) is 5.91 Å². The molecule has 0 radical (unpaired) electrons. The number of nitrogens with zero attached hydrogens (tertiary/aromatic N) is 3. The number of ether oxygens (including phenoxy) is 1. The van der Waals surface area contributed by atoms with E-state index in [0.29, 0.717) is 41.6 Å². The average molecular weight is 419 g/mol. The van der Waals surface area contributed by atoms with Crippen LogP contribution in [-0.4, -0.2) is 35.3 Å². The SMILES string of the molecule is CSc1nc(C2CC2)cc(C(=O)NCCCOc2cccc3cccnc23)c1C#N. The van der Waals surface area contributed by atoms with Crippen molar-refractivity contribution < 1.29 is 9.53 Å². The lowest BCUT2D eigenvalue weighted by molar-refractivity contribution is 0.0950. The number of amides is 1. The summed E-state index contributed by atoms with van der Waals surface area (Å²) < 4.78 is 5.87. The molecule has 7 heteroatoms. The normalized spacial score (nSPS) is 13.1. The van der Waals surface area contributed by atoms with Crippen LogP contribution in [0.2, 0.25) is 0 Å². The first-order chi connectivity index (χ1) is 14.7. The zero-order valence-electron chi connectivity index (χ0n) is 16.7. The number of carbonyl (C=O) groups is 1. The van der Waals surface area contributed by atoms with Gasteiger partial charge in [0.05, 0.1) is 17.7 Å². The van der Waals surface area contributed by atoms with Gasteiger partial charge in [-0.2, -0.15) is 5.26 Å². The van der Waals surface area contributed by atoms with Gasteiger partial charge < -0.3 is 10.1 Å². The Bertz CT molecular complexity index is 1120. The fourth-order valence-electron chi connectivity index (χ4n) is 3.31. The van der Waals surface area contributed by atoms with Gasteiger partial charge >= 0.3 is 0 Å². The molecule has 1 saturated carbocycles. The lowest BCUT2D eigenvalue weighted by Crippen LogP contribution is -2.27. The maximum atomic E-state index is 12.7. The van der Waals surface area contributed by atoms with E-state index < -0.39 is 0 Å². The number of pyridine rings is 2. The number of aromatic nitrogens is 2. The number of carbonyl (C=O) groups excluding carboxylic acids is 1. The van der Waals surface area contributed by atoms with Crippen molar-refractivity contribution in [1.29, 1.82) is 5.26 Å². The van der Waals surface area contributed by atoms with Crippen LogP contribution >= 0.6 is 11.8 Å². The molecule has 4 rings (SSSR count). The zero-order valence-corrected chi connectivity index (χ0v) is 17.5. The van der Waals surface area contributed by atoms with Crippen LogP contribution in [0.15, 0.2) is 47.6 Å². The van der Waals surface area contributed by atoms with E-state index in [0.717, 1.165) is 35.2 Å². The van der Waals surface area contributed by atoms with E-state index in [1.54, 1.807) is 12.3 Å². The second-order valence-electron chi connectivity index (χ2n) is 7.15. The first kappa shape index (κ1) is 20.2. The monoisotopic (exact) mass is 418 g/mol. The Labute approximate surface area is 179 Å². The van der Waals surface area contributed by atoms with Crippen molar-refractivity contribution in [2.24, 2.45) is 0 Å². The highest BCUT2D eigenvalue weighted by molar-refractivity contribution is 7.98. The molecule has 1 aromatic carbocycles. The summed E-state index contributed by atoms with van der Waals surface area (Å²) in [5.41, 5.74) is 2.51. The summed E-state index contributed by atoms with van der Waals surface area (Å²) in [4.78, 5) is 21.7. The number of hydrogen-bond acceptors (Lipinski definition) is 6. The number of hydrogen-bond donors (Lipinski definition) is 1. The number of rotatable bonds is 8. The molecule has 3 aromatic rings. The molecule has 30 heavy (non-hydrogen) atoms. The molecule has 0 aliphatic heterocycles. The molecule has 0 unspecified atom stereocenters. The van der Waals surface area contributed by atoms with Crippen molar-refractivity contribution in [1.82, 2.24) is 15.3 Å². The highest BCUT2D eigenvalue weighted by Gasteiger charge is 2.28. The van der Waals surface area contributed by atoms with Gasteiger partial charge in [-0.15, -0.1) is 11.8 Å². The summed E-state index contributed by atoms with van der Waals surface area (Å²) >= 11 is 1.40. The van der Waals surface area contributed by atoms with E-state index >= 15 is 0 Å². The maximum absolute atomic E-state index is 12.7. The summed E-state index contributed by atoms with van der Waals surface area (Å²) in [7, 11) is 0. The third-order valence-electron chi connectivity index (χ3n) is 5.01. The molecule has 6 nitrogen and oxygen atoms in total. The molecule has 1 N–H and O–H groups in total. The Balaban J connectivity index is 1.36. The minimum Gasteiger partial charge on any atom is -0.491 e. The smallest absolute Gasteiger partial charge is 0.252 e. The van der Waals surface area contributed by atoms with Crippen LogP contribution in [-0.2, 0) is 0 Å². The average Bonchev–Trinajstić information content (AvgIpc) is 3.63. The van der Waals surface area contributed by atoms with Crippen LogP contribution in [0, 0.1) is 11.3 Å². The lowest BCUT2D eigenvalue weighted by Gasteiger charge is -2.12. The number of thioether (sulfide) groups is 1. The fourth-order valence-corrected chi connectivity index (χ4v) is 3.86. The maximum Gasteiger partial charge on any atom is 0.252 e. The highest BCUT2D eigenvalue weighted by Crippen LogP contribution is 2.40. The van der Waals surface area contributed by atoms with E-state index in [4.69, 9.17) is 4.74 Å². The third kappa shape index (κ3) is 4.39. The Kier molecular flexibility index (Phi) is 6.15. The molecule has 1 aliphatic rings. The zero-order chi connectivity index (χ0) is 20.9. The van der Waals surface area contributed by atoms with Crippen LogP contribution in [0.1, 0.15) is 46.8 Å². The van der Waals surface area contributed by atoms with Crippen LogP contribution in [0.4, 0.5) is 0 Å². The predicted molar refractivity (Wildman–Crippen MR) is 117 cm³/mol. The second kappa shape index (κ2) is 9.14. The third-order valence-corrected chi connectivity index (χ3v) is 5.69. The van der Waals surface area contributed by atoms with E-state index in [1.807, 2.05) is 36.6 Å².